The predicted octanol–water partition coefficient (Wildman–Crippen LogP) is 10.9. The SMILES string of the molecule is COc1cc(F)c(C2CCCC2)cc1-c1ccc(C(F)(F)F)cc1CN1C(=O)O[C@H](c2cc(C(F)(F)F)nc(C(F)(F)F)c2)[C@@H]1Cc1ccccc1. The van der Waals surface area contributed by atoms with E-state index >= 15 is 4.39 Å². The number of hydrogen-bond donors (Lipinski definition) is 0. The van der Waals surface area contributed by atoms with Gasteiger partial charge in [0.15, 0.2) is 0 Å². The number of alkyl halides is 9. The maximum atomic E-state index is 15.3. The number of benzene rings is 3. The Labute approximate surface area is 291 Å². The van der Waals surface area contributed by atoms with E-state index in [0.29, 0.717) is 36.1 Å². The van der Waals surface area contributed by atoms with Gasteiger partial charge in [-0.3, -0.25) is 4.90 Å². The van der Waals surface area contributed by atoms with Crippen LogP contribution in [0.2, 0.25) is 0 Å². The minimum atomic E-state index is -5.30. The van der Waals surface area contributed by atoms with Gasteiger partial charge in [-0.05, 0) is 83.3 Å². The van der Waals surface area contributed by atoms with Crippen LogP contribution in [0, 0.1) is 5.82 Å². The number of methoxy groups -OCH3 is 1. The summed E-state index contributed by atoms with van der Waals surface area (Å²) in [5.74, 6) is -0.696. The zero-order chi connectivity index (χ0) is 37.6. The maximum absolute atomic E-state index is 15.3. The van der Waals surface area contributed by atoms with E-state index in [0.717, 1.165) is 42.0 Å². The summed E-state index contributed by atoms with van der Waals surface area (Å²) >= 11 is 0. The quantitative estimate of drug-likeness (QED) is 0.169. The van der Waals surface area contributed by atoms with Gasteiger partial charge in [0.1, 0.15) is 29.1 Å². The summed E-state index contributed by atoms with van der Waals surface area (Å²) in [7, 11) is 1.26. The van der Waals surface area contributed by atoms with Crippen LogP contribution in [0.25, 0.3) is 11.1 Å². The number of carbonyl (C=O) groups is 1. The number of halogens is 10. The number of rotatable bonds is 8. The van der Waals surface area contributed by atoms with Crippen LogP contribution in [0.3, 0.4) is 0 Å². The molecule has 2 aliphatic rings. The molecule has 52 heavy (non-hydrogen) atoms. The summed E-state index contributed by atoms with van der Waals surface area (Å²) in [5, 5.41) is 0. The van der Waals surface area contributed by atoms with E-state index in [1.165, 1.54) is 13.2 Å². The Kier molecular flexibility index (Phi) is 9.92. The third kappa shape index (κ3) is 7.68. The average Bonchev–Trinajstić information content (AvgIpc) is 3.72. The van der Waals surface area contributed by atoms with Crippen molar-refractivity contribution in [1.82, 2.24) is 9.88 Å². The van der Waals surface area contributed by atoms with E-state index in [2.05, 4.69) is 4.98 Å². The van der Waals surface area contributed by atoms with Crippen molar-refractivity contribution in [3.05, 3.63) is 118 Å². The zero-order valence-electron chi connectivity index (χ0n) is 27.3. The van der Waals surface area contributed by atoms with Crippen molar-refractivity contribution in [2.75, 3.05) is 7.11 Å². The molecule has 3 aromatic carbocycles. The molecule has 15 heteroatoms. The monoisotopic (exact) mass is 740 g/mol. The molecule has 276 valence electrons. The molecule has 1 aliphatic carbocycles. The van der Waals surface area contributed by atoms with Crippen LogP contribution in [0.1, 0.15) is 76.9 Å². The number of ether oxygens (including phenoxy) is 2. The molecule has 0 unspecified atom stereocenters. The van der Waals surface area contributed by atoms with Crippen molar-refractivity contribution < 1.29 is 58.2 Å². The van der Waals surface area contributed by atoms with Crippen molar-refractivity contribution in [2.24, 2.45) is 0 Å². The van der Waals surface area contributed by atoms with Gasteiger partial charge in [-0.2, -0.15) is 39.5 Å². The lowest BCUT2D eigenvalue weighted by molar-refractivity contribution is -0.150. The first-order valence-electron chi connectivity index (χ1n) is 16.2. The molecular formula is C37H30F10N2O3. The van der Waals surface area contributed by atoms with Gasteiger partial charge < -0.3 is 9.47 Å². The standard InChI is InChI=1S/C37H30F10N2O3/c1-51-30-18-28(38)26(21-9-5-6-10-21)17-27(30)25-12-11-24(35(39,40)41)14-23(25)19-49-29(13-20-7-3-2-4-8-20)33(52-34(49)50)22-15-31(36(42,43)44)48-32(16-22)37(45,46)47/h2-4,7-8,11-12,14-18,21,29,33H,5-6,9-10,13,19H2,1H3/t29-,33+/m0/s1. The minimum Gasteiger partial charge on any atom is -0.496 e. The fraction of sp³-hybridized carbons (Fsp3) is 0.351. The molecule has 6 rings (SSSR count). The number of aromatic nitrogens is 1. The van der Waals surface area contributed by atoms with E-state index in [4.69, 9.17) is 9.47 Å². The van der Waals surface area contributed by atoms with E-state index in [1.807, 2.05) is 0 Å². The largest absolute Gasteiger partial charge is 0.496 e. The molecule has 0 N–H and O–H groups in total. The van der Waals surface area contributed by atoms with Crippen molar-refractivity contribution >= 4 is 6.09 Å². The topological polar surface area (TPSA) is 51.7 Å². The summed E-state index contributed by atoms with van der Waals surface area (Å²) in [5.41, 5.74) is -4.36. The highest BCUT2D eigenvalue weighted by Gasteiger charge is 2.46. The Hall–Kier alpha value is -4.82. The minimum absolute atomic E-state index is 0.000822. The molecule has 1 aromatic heterocycles. The van der Waals surface area contributed by atoms with Crippen LogP contribution >= 0.6 is 0 Å². The van der Waals surface area contributed by atoms with Gasteiger partial charge in [-0.15, -0.1) is 0 Å². The Morgan fingerprint density at radius 3 is 2.02 bits per heavy atom. The average molecular weight is 741 g/mol. The summed E-state index contributed by atoms with van der Waals surface area (Å²) in [4.78, 5) is 17.3. The Balaban J connectivity index is 1.49. The first-order valence-corrected chi connectivity index (χ1v) is 16.2. The second-order valence-electron chi connectivity index (χ2n) is 12.8. The van der Waals surface area contributed by atoms with Crippen molar-refractivity contribution in [1.29, 1.82) is 0 Å². The highest BCUT2D eigenvalue weighted by Crippen LogP contribution is 2.45. The fourth-order valence-electron chi connectivity index (χ4n) is 6.95. The fourth-order valence-corrected chi connectivity index (χ4v) is 6.95. The summed E-state index contributed by atoms with van der Waals surface area (Å²) in [6.45, 7) is -0.616. The first-order chi connectivity index (χ1) is 24.4. The lowest BCUT2D eigenvalue weighted by Crippen LogP contribution is -2.36. The molecule has 0 spiro atoms. The lowest BCUT2D eigenvalue weighted by atomic mass is 9.90. The van der Waals surface area contributed by atoms with Crippen LogP contribution in [-0.2, 0) is 36.2 Å². The second kappa shape index (κ2) is 14.0. The smallest absolute Gasteiger partial charge is 0.433 e. The van der Waals surface area contributed by atoms with E-state index < -0.39 is 71.6 Å². The van der Waals surface area contributed by atoms with Gasteiger partial charge in [0.2, 0.25) is 0 Å². The van der Waals surface area contributed by atoms with Crippen LogP contribution in [0.4, 0.5) is 48.7 Å². The molecule has 2 heterocycles. The summed E-state index contributed by atoms with van der Waals surface area (Å²) in [6, 6.07) is 13.0. The van der Waals surface area contributed by atoms with Crippen LogP contribution in [-0.4, -0.2) is 29.1 Å². The molecule has 1 saturated heterocycles. The van der Waals surface area contributed by atoms with Crippen molar-refractivity contribution in [3.63, 3.8) is 0 Å². The normalized spacial score (nSPS) is 18.6. The number of hydrogen-bond acceptors (Lipinski definition) is 4. The van der Waals surface area contributed by atoms with Crippen LogP contribution < -0.4 is 4.74 Å². The number of carbonyl (C=O) groups excluding carboxylic acids is 1. The van der Waals surface area contributed by atoms with Crippen LogP contribution in [0.5, 0.6) is 5.75 Å². The van der Waals surface area contributed by atoms with Gasteiger partial charge in [-0.25, -0.2) is 14.2 Å². The van der Waals surface area contributed by atoms with Gasteiger partial charge in [0, 0.05) is 11.6 Å². The van der Waals surface area contributed by atoms with Gasteiger partial charge in [0.05, 0.1) is 25.3 Å². The number of cyclic esters (lactones) is 1. The predicted molar refractivity (Wildman–Crippen MR) is 168 cm³/mol. The number of pyridine rings is 1. The molecule has 2 fully saturated rings. The lowest BCUT2D eigenvalue weighted by Gasteiger charge is -2.27. The molecule has 4 aromatic rings. The third-order valence-electron chi connectivity index (χ3n) is 9.43. The zero-order valence-corrected chi connectivity index (χ0v) is 27.3. The third-order valence-corrected chi connectivity index (χ3v) is 9.43. The Morgan fingerprint density at radius 1 is 0.808 bits per heavy atom. The van der Waals surface area contributed by atoms with Gasteiger partial charge in [0.25, 0.3) is 0 Å². The van der Waals surface area contributed by atoms with E-state index in [9.17, 15) is 44.3 Å². The van der Waals surface area contributed by atoms with Crippen molar-refractivity contribution in [3.8, 4) is 16.9 Å². The summed E-state index contributed by atoms with van der Waals surface area (Å²) in [6.07, 6.45) is -15.4. The van der Waals surface area contributed by atoms with Crippen LogP contribution in [0.15, 0.2) is 72.8 Å². The molecule has 0 bridgehead atoms. The summed E-state index contributed by atoms with van der Waals surface area (Å²) < 4.78 is 151. The second-order valence-corrected chi connectivity index (χ2v) is 12.8. The Bertz CT molecular complexity index is 1910. The highest BCUT2D eigenvalue weighted by atomic mass is 19.4. The molecular weight excluding hydrogens is 710 g/mol. The Morgan fingerprint density at radius 2 is 1.44 bits per heavy atom. The number of amides is 1. The molecule has 1 saturated carbocycles. The van der Waals surface area contributed by atoms with Gasteiger partial charge in [-0.1, -0.05) is 49.2 Å². The molecule has 1 amide bonds. The highest BCUT2D eigenvalue weighted by molar-refractivity contribution is 5.77. The van der Waals surface area contributed by atoms with Gasteiger partial charge >= 0.3 is 24.6 Å². The number of nitrogens with zero attached hydrogens (tertiary/aromatic N) is 2. The van der Waals surface area contributed by atoms with E-state index in [-0.39, 0.29) is 34.8 Å². The molecule has 1 aliphatic heterocycles. The molecule has 5 nitrogen and oxygen atoms in total. The van der Waals surface area contributed by atoms with E-state index in [1.54, 1.807) is 30.3 Å². The molecule has 2 atom stereocenters. The molecule has 0 radical (unpaired) electrons. The first kappa shape index (κ1) is 37.0. The van der Waals surface area contributed by atoms with Crippen molar-refractivity contribution in [2.45, 2.75) is 75.2 Å². The maximum Gasteiger partial charge on any atom is 0.433 e.